The van der Waals surface area contributed by atoms with Gasteiger partial charge < -0.3 is 9.64 Å². The maximum atomic E-state index is 11.2. The van der Waals surface area contributed by atoms with Crippen molar-refractivity contribution in [1.29, 1.82) is 0 Å². The predicted molar refractivity (Wildman–Crippen MR) is 87.1 cm³/mol. The quantitative estimate of drug-likeness (QED) is 0.434. The van der Waals surface area contributed by atoms with E-state index in [1.165, 1.54) is 23.5 Å². The first-order chi connectivity index (χ1) is 10.5. The molecule has 0 N–H and O–H groups in total. The van der Waals surface area contributed by atoms with E-state index >= 15 is 0 Å². The van der Waals surface area contributed by atoms with Crippen molar-refractivity contribution in [3.8, 4) is 18.2 Å². The van der Waals surface area contributed by atoms with Gasteiger partial charge in [0.1, 0.15) is 0 Å². The Kier molecular flexibility index (Phi) is 5.30. The second-order valence-electron chi connectivity index (χ2n) is 4.18. The van der Waals surface area contributed by atoms with Crippen molar-refractivity contribution < 1.29 is 9.66 Å². The van der Waals surface area contributed by atoms with Crippen molar-refractivity contribution in [2.24, 2.45) is 0 Å². The Bertz CT molecular complexity index is 728. The number of rotatable bonds is 6. The summed E-state index contributed by atoms with van der Waals surface area (Å²) in [5.41, 5.74) is -0.0980. The van der Waals surface area contributed by atoms with Crippen LogP contribution in [0.3, 0.4) is 0 Å². The Morgan fingerprint density at radius 3 is 2.95 bits per heavy atom. The number of anilines is 1. The van der Waals surface area contributed by atoms with Gasteiger partial charge in [0.2, 0.25) is 11.7 Å². The SMILES string of the molecule is C#CCOc1ccc([N+](=O)[O-])c(N(C)Cc2cnc(Br)s2)n1. The largest absolute Gasteiger partial charge is 0.464 e. The van der Waals surface area contributed by atoms with E-state index in [0.717, 1.165) is 8.79 Å². The lowest BCUT2D eigenvalue weighted by Crippen LogP contribution is -2.18. The van der Waals surface area contributed by atoms with Gasteiger partial charge in [0, 0.05) is 30.3 Å². The number of hydrogen-bond acceptors (Lipinski definition) is 7. The summed E-state index contributed by atoms with van der Waals surface area (Å²) >= 11 is 4.73. The molecule has 0 aliphatic carbocycles. The fourth-order valence-electron chi connectivity index (χ4n) is 1.71. The third-order valence-electron chi connectivity index (χ3n) is 2.61. The molecule has 2 aromatic rings. The minimum absolute atomic E-state index is 0.0513. The van der Waals surface area contributed by atoms with E-state index in [2.05, 4.69) is 31.8 Å². The Hall–Kier alpha value is -2.18. The molecule has 0 atom stereocenters. The Morgan fingerprint density at radius 2 is 2.36 bits per heavy atom. The molecular weight excluding hydrogens is 372 g/mol. The highest BCUT2D eigenvalue weighted by Gasteiger charge is 2.20. The molecule has 0 bridgehead atoms. The summed E-state index contributed by atoms with van der Waals surface area (Å²) in [7, 11) is 1.72. The van der Waals surface area contributed by atoms with Crippen LogP contribution >= 0.6 is 27.3 Å². The highest BCUT2D eigenvalue weighted by molar-refractivity contribution is 9.11. The highest BCUT2D eigenvalue weighted by atomic mass is 79.9. The van der Waals surface area contributed by atoms with E-state index in [0.29, 0.717) is 6.54 Å². The summed E-state index contributed by atoms with van der Waals surface area (Å²) in [6.45, 7) is 0.492. The van der Waals surface area contributed by atoms with Gasteiger partial charge in [-0.2, -0.15) is 4.98 Å². The fourth-order valence-corrected chi connectivity index (χ4v) is 3.12. The van der Waals surface area contributed by atoms with Crippen LogP contribution < -0.4 is 9.64 Å². The van der Waals surface area contributed by atoms with Crippen LogP contribution in [0.2, 0.25) is 0 Å². The maximum absolute atomic E-state index is 11.2. The summed E-state index contributed by atoms with van der Waals surface area (Å²) < 4.78 is 5.98. The molecule has 0 unspecified atom stereocenters. The molecule has 0 radical (unpaired) electrons. The number of pyridine rings is 1. The highest BCUT2D eigenvalue weighted by Crippen LogP contribution is 2.29. The van der Waals surface area contributed by atoms with Crippen LogP contribution in [0.4, 0.5) is 11.5 Å². The molecule has 0 amide bonds. The second-order valence-corrected chi connectivity index (χ2v) is 6.57. The zero-order chi connectivity index (χ0) is 16.1. The van der Waals surface area contributed by atoms with E-state index < -0.39 is 4.92 Å². The number of halogens is 1. The minimum Gasteiger partial charge on any atom is -0.464 e. The van der Waals surface area contributed by atoms with Crippen LogP contribution in [0.1, 0.15) is 4.88 Å². The monoisotopic (exact) mass is 382 g/mol. The number of aromatic nitrogens is 2. The van der Waals surface area contributed by atoms with Crippen molar-refractivity contribution in [3.63, 3.8) is 0 Å². The lowest BCUT2D eigenvalue weighted by Gasteiger charge is -2.17. The number of terminal acetylenes is 1. The molecule has 7 nitrogen and oxygen atoms in total. The molecule has 114 valence electrons. The van der Waals surface area contributed by atoms with Gasteiger partial charge in [-0.05, 0) is 15.9 Å². The molecule has 0 saturated carbocycles. The molecule has 0 aromatic carbocycles. The number of hydrogen-bond donors (Lipinski definition) is 0. The van der Waals surface area contributed by atoms with Crippen molar-refractivity contribution in [2.75, 3.05) is 18.6 Å². The second kappa shape index (κ2) is 7.20. The number of thiazole rings is 1. The number of nitrogens with zero attached hydrogens (tertiary/aromatic N) is 4. The molecule has 22 heavy (non-hydrogen) atoms. The van der Waals surface area contributed by atoms with Crippen LogP contribution in [-0.4, -0.2) is 28.5 Å². The minimum atomic E-state index is -0.480. The summed E-state index contributed by atoms with van der Waals surface area (Å²) in [4.78, 5) is 21.5. The van der Waals surface area contributed by atoms with Gasteiger partial charge in [-0.1, -0.05) is 5.92 Å². The zero-order valence-corrected chi connectivity index (χ0v) is 13.9. The molecule has 9 heteroatoms. The molecule has 0 saturated heterocycles. The zero-order valence-electron chi connectivity index (χ0n) is 11.5. The van der Waals surface area contributed by atoms with Gasteiger partial charge in [-0.3, -0.25) is 10.1 Å². The normalized spacial score (nSPS) is 10.0. The van der Waals surface area contributed by atoms with E-state index in [9.17, 15) is 10.1 Å². The Balaban J connectivity index is 2.28. The van der Waals surface area contributed by atoms with Crippen LogP contribution in [-0.2, 0) is 6.54 Å². The van der Waals surface area contributed by atoms with E-state index in [1.807, 2.05) is 0 Å². The molecular formula is C13H11BrN4O3S. The maximum Gasteiger partial charge on any atom is 0.311 e. The van der Waals surface area contributed by atoms with Gasteiger partial charge in [-0.25, -0.2) is 4.98 Å². The average molecular weight is 383 g/mol. The van der Waals surface area contributed by atoms with Crippen LogP contribution in [0.15, 0.2) is 22.2 Å². The van der Waals surface area contributed by atoms with Gasteiger partial charge in [0.25, 0.3) is 0 Å². The lowest BCUT2D eigenvalue weighted by molar-refractivity contribution is -0.384. The first kappa shape index (κ1) is 16.2. The standard InChI is InChI=1S/C13H11BrN4O3S/c1-3-6-21-11-5-4-10(18(19)20)12(16-11)17(2)8-9-7-15-13(14)22-9/h1,4-5,7H,6,8H2,2H3. The van der Waals surface area contributed by atoms with Crippen molar-refractivity contribution in [3.05, 3.63) is 37.2 Å². The van der Waals surface area contributed by atoms with E-state index in [4.69, 9.17) is 11.2 Å². The molecule has 2 aromatic heterocycles. The molecule has 2 heterocycles. The summed E-state index contributed by atoms with van der Waals surface area (Å²) in [6, 6.07) is 2.78. The van der Waals surface area contributed by atoms with Crippen molar-refractivity contribution in [1.82, 2.24) is 9.97 Å². The molecule has 0 aliphatic rings. The fraction of sp³-hybridized carbons (Fsp3) is 0.231. The van der Waals surface area contributed by atoms with Gasteiger partial charge in [0.05, 0.1) is 11.5 Å². The average Bonchev–Trinajstić information content (AvgIpc) is 2.89. The van der Waals surface area contributed by atoms with Crippen LogP contribution in [0.5, 0.6) is 5.88 Å². The molecule has 0 fully saturated rings. The smallest absolute Gasteiger partial charge is 0.311 e. The van der Waals surface area contributed by atoms with E-state index in [-0.39, 0.29) is 24.0 Å². The summed E-state index contributed by atoms with van der Waals surface area (Å²) in [5.74, 6) is 2.78. The molecule has 2 rings (SSSR count). The number of nitro groups is 1. The Labute approximate surface area is 139 Å². The third kappa shape index (κ3) is 3.93. The number of ether oxygens (including phenoxy) is 1. The molecule has 0 spiro atoms. The Morgan fingerprint density at radius 1 is 1.59 bits per heavy atom. The predicted octanol–water partition coefficient (Wildman–Crippen LogP) is 2.86. The van der Waals surface area contributed by atoms with Gasteiger partial charge >= 0.3 is 5.69 Å². The van der Waals surface area contributed by atoms with Gasteiger partial charge in [-0.15, -0.1) is 17.8 Å². The summed E-state index contributed by atoms with van der Waals surface area (Å²) in [5, 5.41) is 11.2. The molecule has 0 aliphatic heterocycles. The van der Waals surface area contributed by atoms with Gasteiger partial charge in [0.15, 0.2) is 10.5 Å². The topological polar surface area (TPSA) is 81.4 Å². The first-order valence-electron chi connectivity index (χ1n) is 6.04. The van der Waals surface area contributed by atoms with Crippen LogP contribution in [0, 0.1) is 22.5 Å². The third-order valence-corrected chi connectivity index (χ3v) is 4.07. The lowest BCUT2D eigenvalue weighted by atomic mass is 10.3. The summed E-state index contributed by atoms with van der Waals surface area (Å²) in [6.07, 6.45) is 6.83. The van der Waals surface area contributed by atoms with E-state index in [1.54, 1.807) is 18.1 Å². The van der Waals surface area contributed by atoms with Crippen molar-refractivity contribution >= 4 is 38.8 Å². The van der Waals surface area contributed by atoms with Crippen molar-refractivity contribution in [2.45, 2.75) is 6.54 Å². The van der Waals surface area contributed by atoms with Crippen LogP contribution in [0.25, 0.3) is 0 Å². The first-order valence-corrected chi connectivity index (χ1v) is 7.65.